The fourth-order valence-corrected chi connectivity index (χ4v) is 3.01. The van der Waals surface area contributed by atoms with Crippen molar-refractivity contribution in [3.63, 3.8) is 0 Å². The lowest BCUT2D eigenvalue weighted by molar-refractivity contribution is 0.390. The molecule has 8 heteroatoms. The van der Waals surface area contributed by atoms with Gasteiger partial charge in [0, 0.05) is 6.42 Å². The second-order valence-electron chi connectivity index (χ2n) is 4.00. The van der Waals surface area contributed by atoms with Crippen LogP contribution in [0.1, 0.15) is 24.2 Å². The van der Waals surface area contributed by atoms with Crippen molar-refractivity contribution >= 4 is 15.7 Å². The van der Waals surface area contributed by atoms with Crippen molar-refractivity contribution in [2.24, 2.45) is 0 Å². The maximum atomic E-state index is 12.2. The molecule has 102 valence electrons. The highest BCUT2D eigenvalue weighted by atomic mass is 32.2. The van der Waals surface area contributed by atoms with Crippen LogP contribution in [0.4, 0.5) is 5.69 Å². The fraction of sp³-hybridized carbons (Fsp3) is 0.364. The molecule has 0 fully saturated rings. The van der Waals surface area contributed by atoms with Gasteiger partial charge in [-0.25, -0.2) is 18.4 Å². The number of hydrogen-bond donors (Lipinski definition) is 1. The van der Waals surface area contributed by atoms with Gasteiger partial charge in [-0.2, -0.15) is 0 Å². The Balaban J connectivity index is 2.31. The summed E-state index contributed by atoms with van der Waals surface area (Å²) in [7, 11) is -3.74. The summed E-state index contributed by atoms with van der Waals surface area (Å²) in [6.45, 7) is 5.04. The molecule has 0 aliphatic heterocycles. The zero-order valence-corrected chi connectivity index (χ0v) is 11.7. The van der Waals surface area contributed by atoms with E-state index in [4.69, 9.17) is 4.52 Å². The Bertz CT molecular complexity index is 657. The van der Waals surface area contributed by atoms with Gasteiger partial charge in [-0.3, -0.25) is 4.72 Å². The lowest BCUT2D eigenvalue weighted by Gasteiger charge is -2.06. The van der Waals surface area contributed by atoms with Gasteiger partial charge in [0.1, 0.15) is 11.5 Å². The first-order valence-electron chi connectivity index (χ1n) is 5.70. The lowest BCUT2D eigenvalue weighted by atomic mass is 10.4. The van der Waals surface area contributed by atoms with Gasteiger partial charge in [-0.05, 0) is 13.8 Å². The normalized spacial score (nSPS) is 11.5. The number of nitrogens with zero attached hydrogens (tertiary/aromatic N) is 3. The Labute approximate surface area is 111 Å². The first-order chi connectivity index (χ1) is 8.94. The minimum Gasteiger partial charge on any atom is -0.360 e. The van der Waals surface area contributed by atoms with Gasteiger partial charge in [-0.15, -0.1) is 0 Å². The van der Waals surface area contributed by atoms with E-state index in [1.807, 2.05) is 6.92 Å². The smallest absolute Gasteiger partial charge is 0.267 e. The Morgan fingerprint density at radius 2 is 1.89 bits per heavy atom. The van der Waals surface area contributed by atoms with Crippen LogP contribution in [0.25, 0.3) is 0 Å². The highest BCUT2D eigenvalue weighted by molar-refractivity contribution is 7.92. The number of sulfonamides is 1. The molecule has 0 aliphatic rings. The third kappa shape index (κ3) is 2.73. The fourth-order valence-electron chi connectivity index (χ4n) is 1.65. The lowest BCUT2D eigenvalue weighted by Crippen LogP contribution is -2.15. The highest BCUT2D eigenvalue weighted by Crippen LogP contribution is 2.21. The Morgan fingerprint density at radius 1 is 1.26 bits per heavy atom. The summed E-state index contributed by atoms with van der Waals surface area (Å²) in [6.07, 6.45) is 3.56. The molecule has 2 heterocycles. The molecule has 0 atom stereocenters. The van der Waals surface area contributed by atoms with E-state index >= 15 is 0 Å². The predicted molar refractivity (Wildman–Crippen MR) is 68.2 cm³/mol. The van der Waals surface area contributed by atoms with Crippen LogP contribution in [0.15, 0.2) is 21.8 Å². The van der Waals surface area contributed by atoms with E-state index in [0.717, 1.165) is 0 Å². The molecule has 0 radical (unpaired) electrons. The molecule has 0 saturated carbocycles. The molecular formula is C11H14N4O3S. The van der Waals surface area contributed by atoms with Crippen molar-refractivity contribution in [1.29, 1.82) is 0 Å². The van der Waals surface area contributed by atoms with Crippen LogP contribution in [-0.2, 0) is 16.4 Å². The Hall–Kier alpha value is -1.96. The molecule has 2 aromatic heterocycles. The number of anilines is 1. The molecule has 1 N–H and O–H groups in total. The molecule has 0 bridgehead atoms. The number of rotatable bonds is 4. The summed E-state index contributed by atoms with van der Waals surface area (Å²) >= 11 is 0. The third-order valence-corrected chi connectivity index (χ3v) is 4.14. The van der Waals surface area contributed by atoms with E-state index in [2.05, 4.69) is 19.8 Å². The molecule has 2 aromatic rings. The quantitative estimate of drug-likeness (QED) is 0.911. The zero-order chi connectivity index (χ0) is 14.0. The van der Waals surface area contributed by atoms with Crippen molar-refractivity contribution in [1.82, 2.24) is 15.1 Å². The van der Waals surface area contributed by atoms with Crippen LogP contribution in [0.3, 0.4) is 0 Å². The molecule has 7 nitrogen and oxygen atoms in total. The van der Waals surface area contributed by atoms with E-state index < -0.39 is 10.0 Å². The molecule has 0 spiro atoms. The Morgan fingerprint density at radius 3 is 2.37 bits per heavy atom. The minimum atomic E-state index is -3.74. The maximum Gasteiger partial charge on any atom is 0.267 e. The summed E-state index contributed by atoms with van der Waals surface area (Å²) in [5, 5.41) is 3.63. The molecule has 0 aromatic carbocycles. The van der Waals surface area contributed by atoms with Crippen molar-refractivity contribution in [3.05, 3.63) is 29.7 Å². The zero-order valence-electron chi connectivity index (χ0n) is 10.8. The SMILES string of the molecule is CCc1ncc(NS(=O)(=O)c2c(C)noc2C)cn1. The van der Waals surface area contributed by atoms with Crippen molar-refractivity contribution in [2.45, 2.75) is 32.1 Å². The monoisotopic (exact) mass is 282 g/mol. The van der Waals surface area contributed by atoms with Gasteiger partial charge in [0.05, 0.1) is 18.1 Å². The van der Waals surface area contributed by atoms with Crippen LogP contribution in [0.5, 0.6) is 0 Å². The molecule has 0 unspecified atom stereocenters. The van der Waals surface area contributed by atoms with E-state index in [-0.39, 0.29) is 10.7 Å². The maximum absolute atomic E-state index is 12.2. The van der Waals surface area contributed by atoms with Crippen LogP contribution in [0, 0.1) is 13.8 Å². The summed E-state index contributed by atoms with van der Waals surface area (Å²) < 4.78 is 31.6. The van der Waals surface area contributed by atoms with Gasteiger partial charge >= 0.3 is 0 Å². The number of hydrogen-bond acceptors (Lipinski definition) is 6. The summed E-state index contributed by atoms with van der Waals surface area (Å²) in [4.78, 5) is 8.11. The van der Waals surface area contributed by atoms with Crippen molar-refractivity contribution in [3.8, 4) is 0 Å². The van der Waals surface area contributed by atoms with E-state index in [1.165, 1.54) is 12.4 Å². The average Bonchev–Trinajstić information content (AvgIpc) is 2.70. The highest BCUT2D eigenvalue weighted by Gasteiger charge is 2.24. The molecule has 2 rings (SSSR count). The van der Waals surface area contributed by atoms with Gasteiger partial charge in [0.2, 0.25) is 0 Å². The summed E-state index contributed by atoms with van der Waals surface area (Å²) in [5.74, 6) is 0.899. The van der Waals surface area contributed by atoms with E-state index in [1.54, 1.807) is 13.8 Å². The molecule has 19 heavy (non-hydrogen) atoms. The number of nitrogens with one attached hydrogen (secondary N) is 1. The van der Waals surface area contributed by atoms with Crippen molar-refractivity contribution in [2.75, 3.05) is 4.72 Å². The molecule has 0 aliphatic carbocycles. The topological polar surface area (TPSA) is 98.0 Å². The number of aromatic nitrogens is 3. The van der Waals surface area contributed by atoms with Crippen molar-refractivity contribution < 1.29 is 12.9 Å². The van der Waals surface area contributed by atoms with Gasteiger partial charge in [-0.1, -0.05) is 12.1 Å². The molecule has 0 saturated heterocycles. The minimum absolute atomic E-state index is 0.0482. The first kappa shape index (κ1) is 13.5. The van der Waals surface area contributed by atoms with Gasteiger partial charge in [0.15, 0.2) is 10.7 Å². The average molecular weight is 282 g/mol. The largest absolute Gasteiger partial charge is 0.360 e. The van der Waals surface area contributed by atoms with Crippen LogP contribution in [-0.4, -0.2) is 23.5 Å². The van der Waals surface area contributed by atoms with E-state index in [9.17, 15) is 8.42 Å². The Kier molecular flexibility index (Phi) is 3.52. The number of aryl methyl sites for hydroxylation is 3. The van der Waals surface area contributed by atoms with Gasteiger partial charge in [0.25, 0.3) is 10.0 Å². The summed E-state index contributed by atoms with van der Waals surface area (Å²) in [6, 6.07) is 0. The molecule has 0 amide bonds. The standard InChI is InChI=1S/C11H14N4O3S/c1-4-10-12-5-9(6-13-10)15-19(16,17)11-7(2)14-18-8(11)3/h5-6,15H,4H2,1-3H3. The molecular weight excluding hydrogens is 268 g/mol. The van der Waals surface area contributed by atoms with Crippen LogP contribution < -0.4 is 4.72 Å². The van der Waals surface area contributed by atoms with Crippen LogP contribution in [0.2, 0.25) is 0 Å². The summed E-state index contributed by atoms with van der Waals surface area (Å²) in [5.41, 5.74) is 0.619. The second-order valence-corrected chi connectivity index (χ2v) is 5.62. The van der Waals surface area contributed by atoms with E-state index in [0.29, 0.717) is 23.6 Å². The van der Waals surface area contributed by atoms with Crippen LogP contribution >= 0.6 is 0 Å². The third-order valence-electron chi connectivity index (χ3n) is 2.51. The second kappa shape index (κ2) is 4.96. The first-order valence-corrected chi connectivity index (χ1v) is 7.19. The predicted octanol–water partition coefficient (Wildman–Crippen LogP) is 1.44. The van der Waals surface area contributed by atoms with Gasteiger partial charge < -0.3 is 4.52 Å².